The molecule has 1 aromatic carbocycles. The van der Waals surface area contributed by atoms with Crippen molar-refractivity contribution in [2.75, 3.05) is 13.2 Å². The first-order valence-electron chi connectivity index (χ1n) is 6.98. The van der Waals surface area contributed by atoms with Crippen LogP contribution < -0.4 is 0 Å². The summed E-state index contributed by atoms with van der Waals surface area (Å²) in [6, 6.07) is 4.95. The molecule has 1 aliphatic carbocycles. The highest BCUT2D eigenvalue weighted by molar-refractivity contribution is 6.01. The van der Waals surface area contributed by atoms with Gasteiger partial charge < -0.3 is 19.9 Å². The lowest BCUT2D eigenvalue weighted by Crippen LogP contribution is -2.39. The molecule has 112 valence electrons. The van der Waals surface area contributed by atoms with Crippen molar-refractivity contribution in [2.45, 2.75) is 31.2 Å². The number of rotatable bonds is 5. The van der Waals surface area contributed by atoms with Crippen molar-refractivity contribution < 1.29 is 20.1 Å². The van der Waals surface area contributed by atoms with Crippen molar-refractivity contribution in [2.24, 2.45) is 0 Å². The Hall–Kier alpha value is -1.92. The van der Waals surface area contributed by atoms with Gasteiger partial charge in [0.25, 0.3) is 0 Å². The molecule has 3 N–H and O–H groups in total. The van der Waals surface area contributed by atoms with Gasteiger partial charge in [-0.05, 0) is 31.9 Å². The minimum absolute atomic E-state index is 0.139. The van der Waals surface area contributed by atoms with E-state index in [1.807, 2.05) is 0 Å². The number of hydrogen-bond acceptors (Lipinski definition) is 4. The Balaban J connectivity index is 2.37. The van der Waals surface area contributed by atoms with Gasteiger partial charge >= 0.3 is 5.97 Å². The molecular weight excluding hydrogens is 272 g/mol. The molecule has 6 nitrogen and oxygen atoms in total. The lowest BCUT2D eigenvalue weighted by Gasteiger charge is -2.30. The minimum Gasteiger partial charge on any atom is -0.478 e. The molecule has 6 heteroatoms. The van der Waals surface area contributed by atoms with Crippen LogP contribution in [0.3, 0.4) is 0 Å². The summed E-state index contributed by atoms with van der Waals surface area (Å²) < 4.78 is 1.73. The molecule has 0 radical (unpaired) electrons. The maximum absolute atomic E-state index is 11.5. The van der Waals surface area contributed by atoms with Gasteiger partial charge in [0.2, 0.25) is 0 Å². The van der Waals surface area contributed by atoms with Gasteiger partial charge in [-0.25, -0.2) is 9.78 Å². The van der Waals surface area contributed by atoms with Gasteiger partial charge in [0, 0.05) is 5.92 Å². The number of carbonyl (C=O) groups is 1. The summed E-state index contributed by atoms with van der Waals surface area (Å²) in [5.74, 6) is -0.0110. The van der Waals surface area contributed by atoms with Crippen molar-refractivity contribution in [1.29, 1.82) is 0 Å². The summed E-state index contributed by atoms with van der Waals surface area (Å²) in [6.07, 6.45) is 2.00. The molecule has 1 heterocycles. The number of aromatic nitrogens is 2. The van der Waals surface area contributed by atoms with Crippen LogP contribution in [0.1, 0.15) is 41.9 Å². The SMILES string of the molecule is CC(CO)(CO)n1c(C2CC2)nc2cccc(C(=O)O)c21. The molecule has 0 bridgehead atoms. The Morgan fingerprint density at radius 1 is 1.38 bits per heavy atom. The zero-order chi connectivity index (χ0) is 15.2. The standard InChI is InChI=1S/C15H18N2O4/c1-15(7-18,8-19)17-12-10(14(20)21)3-2-4-11(12)16-13(17)9-5-6-9/h2-4,9,18-19H,5-8H2,1H3,(H,20,21). The van der Waals surface area contributed by atoms with E-state index in [1.54, 1.807) is 23.6 Å². The van der Waals surface area contributed by atoms with Crippen molar-refractivity contribution in [3.05, 3.63) is 29.6 Å². The molecule has 3 rings (SSSR count). The number of nitrogens with zero attached hydrogens (tertiary/aromatic N) is 2. The highest BCUT2D eigenvalue weighted by atomic mass is 16.4. The summed E-state index contributed by atoms with van der Waals surface area (Å²) in [5, 5.41) is 28.8. The fourth-order valence-corrected chi connectivity index (χ4v) is 2.67. The Labute approximate surface area is 121 Å². The van der Waals surface area contributed by atoms with Gasteiger partial charge in [0.1, 0.15) is 5.82 Å². The number of para-hydroxylation sites is 1. The summed E-state index contributed by atoms with van der Waals surface area (Å²) >= 11 is 0. The molecule has 1 fully saturated rings. The molecule has 1 saturated carbocycles. The van der Waals surface area contributed by atoms with E-state index in [0.29, 0.717) is 11.0 Å². The van der Waals surface area contributed by atoms with Gasteiger partial charge in [0.15, 0.2) is 0 Å². The van der Waals surface area contributed by atoms with E-state index < -0.39 is 11.5 Å². The number of benzene rings is 1. The highest BCUT2D eigenvalue weighted by Gasteiger charge is 2.37. The Morgan fingerprint density at radius 2 is 2.05 bits per heavy atom. The Bertz CT molecular complexity index is 699. The first kappa shape index (κ1) is 14.0. The molecule has 21 heavy (non-hydrogen) atoms. The minimum atomic E-state index is -1.04. The van der Waals surface area contributed by atoms with Gasteiger partial charge in [-0.15, -0.1) is 0 Å². The van der Waals surface area contributed by atoms with Gasteiger partial charge in [-0.1, -0.05) is 6.07 Å². The smallest absolute Gasteiger partial charge is 0.337 e. The number of fused-ring (bicyclic) bond motifs is 1. The Morgan fingerprint density at radius 3 is 2.57 bits per heavy atom. The molecule has 2 aromatic rings. The van der Waals surface area contributed by atoms with Crippen LogP contribution in [0.25, 0.3) is 11.0 Å². The number of hydrogen-bond donors (Lipinski definition) is 3. The molecule has 0 atom stereocenters. The number of imidazole rings is 1. The summed E-state index contributed by atoms with van der Waals surface area (Å²) in [6.45, 7) is 1.13. The van der Waals surface area contributed by atoms with Crippen LogP contribution in [0.15, 0.2) is 18.2 Å². The monoisotopic (exact) mass is 290 g/mol. The maximum atomic E-state index is 11.5. The number of aromatic carboxylic acids is 1. The fraction of sp³-hybridized carbons (Fsp3) is 0.467. The lowest BCUT2D eigenvalue weighted by atomic mass is 10.0. The molecule has 1 aliphatic rings. The molecule has 0 saturated heterocycles. The summed E-state index contributed by atoms with van der Waals surface area (Å²) in [7, 11) is 0. The van der Waals surface area contributed by atoms with E-state index >= 15 is 0 Å². The van der Waals surface area contributed by atoms with E-state index in [1.165, 1.54) is 6.07 Å². The zero-order valence-electron chi connectivity index (χ0n) is 11.8. The number of aliphatic hydroxyl groups excluding tert-OH is 2. The van der Waals surface area contributed by atoms with Crippen molar-refractivity contribution in [3.63, 3.8) is 0 Å². The topological polar surface area (TPSA) is 95.6 Å². The van der Waals surface area contributed by atoms with E-state index in [9.17, 15) is 20.1 Å². The Kier molecular flexibility index (Phi) is 3.22. The molecule has 0 aliphatic heterocycles. The van der Waals surface area contributed by atoms with Crippen LogP contribution in [-0.2, 0) is 5.54 Å². The second-order valence-corrected chi connectivity index (χ2v) is 5.87. The molecule has 0 unspecified atom stereocenters. The van der Waals surface area contributed by atoms with E-state index in [4.69, 9.17) is 0 Å². The third kappa shape index (κ3) is 2.11. The van der Waals surface area contributed by atoms with Crippen LogP contribution in [0.5, 0.6) is 0 Å². The molecule has 0 amide bonds. The number of carboxylic acid groups (broad SMARTS) is 1. The quantitative estimate of drug-likeness (QED) is 0.771. The summed E-state index contributed by atoms with van der Waals surface area (Å²) in [5.41, 5.74) is 0.223. The number of carboxylic acids is 1. The normalized spacial score (nSPS) is 15.6. The predicted molar refractivity (Wildman–Crippen MR) is 76.5 cm³/mol. The molecule has 1 aromatic heterocycles. The molecule has 0 spiro atoms. The molecular formula is C15H18N2O4. The largest absolute Gasteiger partial charge is 0.478 e. The van der Waals surface area contributed by atoms with Gasteiger partial charge in [-0.3, -0.25) is 0 Å². The van der Waals surface area contributed by atoms with Crippen molar-refractivity contribution in [1.82, 2.24) is 9.55 Å². The van der Waals surface area contributed by atoms with Gasteiger partial charge in [0.05, 0.1) is 35.3 Å². The van der Waals surface area contributed by atoms with E-state index in [0.717, 1.165) is 18.7 Å². The third-order valence-electron chi connectivity index (χ3n) is 4.10. The first-order valence-corrected chi connectivity index (χ1v) is 6.98. The highest BCUT2D eigenvalue weighted by Crippen LogP contribution is 2.43. The van der Waals surface area contributed by atoms with Crippen LogP contribution in [0.4, 0.5) is 0 Å². The van der Waals surface area contributed by atoms with Crippen molar-refractivity contribution >= 4 is 17.0 Å². The van der Waals surface area contributed by atoms with Crippen LogP contribution in [0, 0.1) is 0 Å². The van der Waals surface area contributed by atoms with Crippen LogP contribution in [-0.4, -0.2) is 44.1 Å². The predicted octanol–water partition coefficient (Wildman–Crippen LogP) is 1.31. The van der Waals surface area contributed by atoms with Crippen molar-refractivity contribution in [3.8, 4) is 0 Å². The van der Waals surface area contributed by atoms with Crippen LogP contribution >= 0.6 is 0 Å². The van der Waals surface area contributed by atoms with Gasteiger partial charge in [-0.2, -0.15) is 0 Å². The second-order valence-electron chi connectivity index (χ2n) is 5.87. The average molecular weight is 290 g/mol. The fourth-order valence-electron chi connectivity index (χ4n) is 2.67. The lowest BCUT2D eigenvalue weighted by molar-refractivity contribution is 0.0688. The third-order valence-corrected chi connectivity index (χ3v) is 4.10. The maximum Gasteiger partial charge on any atom is 0.337 e. The number of aliphatic hydroxyl groups is 2. The zero-order valence-corrected chi connectivity index (χ0v) is 11.8. The van der Waals surface area contributed by atoms with E-state index in [-0.39, 0.29) is 24.7 Å². The second kappa shape index (κ2) is 4.82. The van der Waals surface area contributed by atoms with E-state index in [2.05, 4.69) is 4.98 Å². The van der Waals surface area contributed by atoms with Crippen LogP contribution in [0.2, 0.25) is 0 Å². The average Bonchev–Trinajstić information content (AvgIpc) is 3.25. The first-order chi connectivity index (χ1) is 10.0. The summed E-state index contributed by atoms with van der Waals surface area (Å²) in [4.78, 5) is 16.1.